The molecule has 0 aliphatic rings. The first-order valence-corrected chi connectivity index (χ1v) is 10.3. The van der Waals surface area contributed by atoms with Crippen molar-refractivity contribution in [2.24, 2.45) is 0 Å². The van der Waals surface area contributed by atoms with E-state index in [9.17, 15) is 9.59 Å². The Morgan fingerprint density at radius 1 is 0.935 bits per heavy atom. The van der Waals surface area contributed by atoms with Crippen molar-refractivity contribution in [1.29, 1.82) is 0 Å². The van der Waals surface area contributed by atoms with Crippen molar-refractivity contribution in [3.63, 3.8) is 0 Å². The lowest BCUT2D eigenvalue weighted by Gasteiger charge is -2.15. The smallest absolute Gasteiger partial charge is 0.228 e. The largest absolute Gasteiger partial charge is 0.489 e. The molecular formula is C26H28N2O3. The van der Waals surface area contributed by atoms with Gasteiger partial charge in [0, 0.05) is 26.2 Å². The molecule has 3 rings (SSSR count). The van der Waals surface area contributed by atoms with Crippen molar-refractivity contribution in [1.82, 2.24) is 4.90 Å². The van der Waals surface area contributed by atoms with Crippen LogP contribution in [0.1, 0.15) is 29.2 Å². The molecule has 0 spiro atoms. The predicted octanol–water partition coefficient (Wildman–Crippen LogP) is 4.73. The number of aryl methyl sites for hydroxylation is 1. The Balaban J connectivity index is 1.58. The average molecular weight is 417 g/mol. The molecule has 3 aromatic carbocycles. The Kier molecular flexibility index (Phi) is 7.44. The second-order valence-corrected chi connectivity index (χ2v) is 7.66. The number of nitrogens with one attached hydrogen (secondary N) is 1. The lowest BCUT2D eigenvalue weighted by molar-refractivity contribution is -0.128. The highest BCUT2D eigenvalue weighted by Crippen LogP contribution is 2.18. The standard InChI is InChI=1S/C26H28N2O3/c1-19-8-4-5-11-23(19)18-31-25-13-7-9-21(15-25)16-26(30)27-24-12-6-10-22(14-24)17-28(3)20(2)29/h4-15H,16-18H2,1-3H3,(H,27,30). The van der Waals surface area contributed by atoms with Crippen LogP contribution >= 0.6 is 0 Å². The molecule has 0 fully saturated rings. The maximum absolute atomic E-state index is 12.5. The molecule has 160 valence electrons. The molecule has 0 unspecified atom stereocenters. The molecule has 0 saturated carbocycles. The van der Waals surface area contributed by atoms with Crippen molar-refractivity contribution < 1.29 is 14.3 Å². The molecule has 0 aliphatic heterocycles. The fourth-order valence-electron chi connectivity index (χ4n) is 3.20. The average Bonchev–Trinajstić information content (AvgIpc) is 2.73. The Morgan fingerprint density at radius 3 is 2.45 bits per heavy atom. The summed E-state index contributed by atoms with van der Waals surface area (Å²) in [6.45, 7) is 4.58. The van der Waals surface area contributed by atoms with Gasteiger partial charge in [0.15, 0.2) is 0 Å². The first-order chi connectivity index (χ1) is 14.9. The molecule has 2 amide bonds. The van der Waals surface area contributed by atoms with Gasteiger partial charge in [-0.2, -0.15) is 0 Å². The van der Waals surface area contributed by atoms with Crippen LogP contribution in [0, 0.1) is 6.92 Å². The van der Waals surface area contributed by atoms with E-state index in [2.05, 4.69) is 24.4 Å². The summed E-state index contributed by atoms with van der Waals surface area (Å²) in [4.78, 5) is 25.6. The number of rotatable bonds is 8. The highest BCUT2D eigenvalue weighted by molar-refractivity contribution is 5.92. The minimum absolute atomic E-state index is 0.000959. The van der Waals surface area contributed by atoms with Crippen molar-refractivity contribution in [2.45, 2.75) is 33.4 Å². The van der Waals surface area contributed by atoms with E-state index in [-0.39, 0.29) is 18.2 Å². The number of amides is 2. The van der Waals surface area contributed by atoms with Gasteiger partial charge in [-0.3, -0.25) is 9.59 Å². The van der Waals surface area contributed by atoms with E-state index in [0.717, 1.165) is 22.4 Å². The van der Waals surface area contributed by atoms with Crippen molar-refractivity contribution in [3.8, 4) is 5.75 Å². The number of benzene rings is 3. The number of carbonyl (C=O) groups excluding carboxylic acids is 2. The Bertz CT molecular complexity index is 1060. The second kappa shape index (κ2) is 10.4. The Morgan fingerprint density at radius 2 is 1.68 bits per heavy atom. The number of carbonyl (C=O) groups is 2. The monoisotopic (exact) mass is 416 g/mol. The molecule has 0 atom stereocenters. The maximum Gasteiger partial charge on any atom is 0.228 e. The van der Waals surface area contributed by atoms with Gasteiger partial charge in [0.1, 0.15) is 12.4 Å². The molecule has 5 heteroatoms. The molecule has 0 heterocycles. The third-order valence-corrected chi connectivity index (χ3v) is 5.09. The van der Waals surface area contributed by atoms with Crippen LogP contribution in [0.2, 0.25) is 0 Å². The fourth-order valence-corrected chi connectivity index (χ4v) is 3.20. The first kappa shape index (κ1) is 22.1. The van der Waals surface area contributed by atoms with Gasteiger partial charge in [0.05, 0.1) is 6.42 Å². The van der Waals surface area contributed by atoms with E-state index in [1.165, 1.54) is 12.5 Å². The predicted molar refractivity (Wildman–Crippen MR) is 123 cm³/mol. The zero-order valence-electron chi connectivity index (χ0n) is 18.2. The third-order valence-electron chi connectivity index (χ3n) is 5.09. The van der Waals surface area contributed by atoms with E-state index in [0.29, 0.717) is 18.8 Å². The minimum atomic E-state index is -0.104. The summed E-state index contributed by atoms with van der Waals surface area (Å²) >= 11 is 0. The SMILES string of the molecule is CC(=O)N(C)Cc1cccc(NC(=O)Cc2cccc(OCc3ccccc3C)c2)c1. The highest BCUT2D eigenvalue weighted by Gasteiger charge is 2.08. The quantitative estimate of drug-likeness (QED) is 0.577. The molecule has 31 heavy (non-hydrogen) atoms. The van der Waals surface area contributed by atoms with E-state index in [1.54, 1.807) is 11.9 Å². The number of hydrogen-bond donors (Lipinski definition) is 1. The normalized spacial score (nSPS) is 10.4. The summed E-state index contributed by atoms with van der Waals surface area (Å²) in [6, 6.07) is 23.3. The fraction of sp³-hybridized carbons (Fsp3) is 0.231. The van der Waals surface area contributed by atoms with E-state index >= 15 is 0 Å². The van der Waals surface area contributed by atoms with Gasteiger partial charge in [0.2, 0.25) is 11.8 Å². The van der Waals surface area contributed by atoms with Crippen LogP contribution in [0.15, 0.2) is 72.8 Å². The van der Waals surface area contributed by atoms with Gasteiger partial charge in [-0.15, -0.1) is 0 Å². The van der Waals surface area contributed by atoms with Gasteiger partial charge < -0.3 is 15.0 Å². The summed E-state index contributed by atoms with van der Waals surface area (Å²) in [6.07, 6.45) is 0.249. The first-order valence-electron chi connectivity index (χ1n) is 10.3. The van der Waals surface area contributed by atoms with Crippen molar-refractivity contribution in [2.75, 3.05) is 12.4 Å². The molecule has 0 aliphatic carbocycles. The highest BCUT2D eigenvalue weighted by atomic mass is 16.5. The van der Waals surface area contributed by atoms with Gasteiger partial charge in [-0.05, 0) is 53.4 Å². The van der Waals surface area contributed by atoms with Crippen LogP contribution in [0.5, 0.6) is 5.75 Å². The van der Waals surface area contributed by atoms with Crippen molar-refractivity contribution >= 4 is 17.5 Å². The van der Waals surface area contributed by atoms with Crippen LogP contribution < -0.4 is 10.1 Å². The second-order valence-electron chi connectivity index (χ2n) is 7.66. The summed E-state index contributed by atoms with van der Waals surface area (Å²) in [5.41, 5.74) is 4.89. The number of nitrogens with zero attached hydrogens (tertiary/aromatic N) is 1. The molecule has 0 saturated heterocycles. The molecule has 0 aromatic heterocycles. The summed E-state index contributed by atoms with van der Waals surface area (Å²) in [7, 11) is 1.75. The van der Waals surface area contributed by atoms with Gasteiger partial charge in [0.25, 0.3) is 0 Å². The van der Waals surface area contributed by atoms with E-state index in [1.807, 2.05) is 60.7 Å². The molecule has 5 nitrogen and oxygen atoms in total. The van der Waals surface area contributed by atoms with Crippen LogP contribution in [0.3, 0.4) is 0 Å². The third kappa shape index (κ3) is 6.71. The zero-order chi connectivity index (χ0) is 22.2. The zero-order valence-corrected chi connectivity index (χ0v) is 18.2. The molecule has 0 bridgehead atoms. The van der Waals surface area contributed by atoms with E-state index in [4.69, 9.17) is 4.74 Å². The number of hydrogen-bond acceptors (Lipinski definition) is 3. The number of anilines is 1. The van der Waals surface area contributed by atoms with Crippen LogP contribution in [0.4, 0.5) is 5.69 Å². The molecular weight excluding hydrogens is 388 g/mol. The summed E-state index contributed by atoms with van der Waals surface area (Å²) in [5, 5.41) is 2.93. The molecule has 3 aromatic rings. The topological polar surface area (TPSA) is 58.6 Å². The van der Waals surface area contributed by atoms with Crippen molar-refractivity contribution in [3.05, 3.63) is 95.1 Å². The maximum atomic E-state index is 12.5. The van der Waals surface area contributed by atoms with Gasteiger partial charge in [-0.1, -0.05) is 48.5 Å². The summed E-state index contributed by atoms with van der Waals surface area (Å²) in [5.74, 6) is 0.634. The number of ether oxygens (including phenoxy) is 1. The minimum Gasteiger partial charge on any atom is -0.489 e. The Labute approximate surface area is 183 Å². The van der Waals surface area contributed by atoms with E-state index < -0.39 is 0 Å². The molecule has 0 radical (unpaired) electrons. The van der Waals surface area contributed by atoms with Crippen LogP contribution in [0.25, 0.3) is 0 Å². The van der Waals surface area contributed by atoms with Gasteiger partial charge in [-0.25, -0.2) is 0 Å². The summed E-state index contributed by atoms with van der Waals surface area (Å²) < 4.78 is 5.92. The lowest BCUT2D eigenvalue weighted by atomic mass is 10.1. The molecule has 1 N–H and O–H groups in total. The Hall–Kier alpha value is -3.60. The lowest BCUT2D eigenvalue weighted by Crippen LogP contribution is -2.23. The van der Waals surface area contributed by atoms with Crippen LogP contribution in [-0.2, 0) is 29.2 Å². The van der Waals surface area contributed by atoms with Gasteiger partial charge >= 0.3 is 0 Å². The van der Waals surface area contributed by atoms with Crippen LogP contribution in [-0.4, -0.2) is 23.8 Å².